The van der Waals surface area contributed by atoms with E-state index in [1.165, 1.54) is 7.11 Å². The summed E-state index contributed by atoms with van der Waals surface area (Å²) in [6, 6.07) is 3.15. The smallest absolute Gasteiger partial charge is 0.338 e. The van der Waals surface area contributed by atoms with E-state index >= 15 is 0 Å². The van der Waals surface area contributed by atoms with Crippen molar-refractivity contribution in [1.82, 2.24) is 0 Å². The fourth-order valence-corrected chi connectivity index (χ4v) is 1.25. The molecule has 1 aromatic carbocycles. The lowest BCUT2D eigenvalue weighted by Gasteiger charge is -2.07. The number of carboxylic acid groups (broad SMARTS) is 1. The van der Waals surface area contributed by atoms with E-state index in [2.05, 4.69) is 10.1 Å². The Hall–Kier alpha value is -2.48. The van der Waals surface area contributed by atoms with Gasteiger partial charge in [-0.1, -0.05) is 0 Å². The molecule has 0 unspecified atom stereocenters. The van der Waals surface area contributed by atoms with E-state index in [0.29, 0.717) is 0 Å². The maximum atomic E-state index is 11.2. The average Bonchev–Trinajstić information content (AvgIpc) is 2.29. The van der Waals surface area contributed by atoms with Gasteiger partial charge in [0.15, 0.2) is 0 Å². The minimum atomic E-state index is -1.37. The number of aromatic carboxylic acids is 1. The number of benzene rings is 1. The summed E-state index contributed by atoms with van der Waals surface area (Å²) in [6.45, 7) is -0.240. The number of methoxy groups -OCH3 is 1. The van der Waals surface area contributed by atoms with Gasteiger partial charge in [0.2, 0.25) is 5.91 Å². The molecule has 0 saturated carbocycles. The number of amides is 1. The van der Waals surface area contributed by atoms with Gasteiger partial charge in [-0.25, -0.2) is 4.79 Å². The Morgan fingerprint density at radius 1 is 1.50 bits per heavy atom. The van der Waals surface area contributed by atoms with Gasteiger partial charge in [0.25, 0.3) is 5.69 Å². The van der Waals surface area contributed by atoms with Crippen molar-refractivity contribution in [2.75, 3.05) is 19.0 Å². The number of hydrogen-bond acceptors (Lipinski definition) is 5. The standard InChI is InChI=1S/C10H10N2O6/c1-18-5-9(13)11-8-3-2-6(12(16)17)4-7(8)10(14)15/h2-4H,5H2,1H3,(H,11,13)(H,14,15). The van der Waals surface area contributed by atoms with Gasteiger partial charge in [-0.2, -0.15) is 0 Å². The monoisotopic (exact) mass is 254 g/mol. The molecule has 8 nitrogen and oxygen atoms in total. The van der Waals surface area contributed by atoms with Crippen LogP contribution in [0.2, 0.25) is 0 Å². The van der Waals surface area contributed by atoms with Crippen LogP contribution < -0.4 is 5.32 Å². The van der Waals surface area contributed by atoms with Gasteiger partial charge in [0.05, 0.1) is 16.2 Å². The highest BCUT2D eigenvalue weighted by Gasteiger charge is 2.17. The fraction of sp³-hybridized carbons (Fsp3) is 0.200. The Bertz CT molecular complexity index is 499. The van der Waals surface area contributed by atoms with E-state index in [4.69, 9.17) is 5.11 Å². The van der Waals surface area contributed by atoms with E-state index in [-0.39, 0.29) is 23.5 Å². The minimum Gasteiger partial charge on any atom is -0.478 e. The average molecular weight is 254 g/mol. The van der Waals surface area contributed by atoms with Crippen LogP contribution in [0.4, 0.5) is 11.4 Å². The largest absolute Gasteiger partial charge is 0.478 e. The molecule has 1 amide bonds. The molecular formula is C10H10N2O6. The summed E-state index contributed by atoms with van der Waals surface area (Å²) >= 11 is 0. The summed E-state index contributed by atoms with van der Waals surface area (Å²) in [5, 5.41) is 21.7. The first-order valence-electron chi connectivity index (χ1n) is 4.76. The summed E-state index contributed by atoms with van der Waals surface area (Å²) in [7, 11) is 1.31. The van der Waals surface area contributed by atoms with Crippen molar-refractivity contribution in [3.8, 4) is 0 Å². The molecule has 0 saturated heterocycles. The molecule has 0 aromatic heterocycles. The summed E-state index contributed by atoms with van der Waals surface area (Å²) in [5.74, 6) is -1.92. The van der Waals surface area contributed by atoms with Gasteiger partial charge in [0, 0.05) is 19.2 Å². The Morgan fingerprint density at radius 2 is 2.17 bits per heavy atom. The van der Waals surface area contributed by atoms with E-state index in [1.807, 2.05) is 0 Å². The molecule has 1 rings (SSSR count). The third-order valence-electron chi connectivity index (χ3n) is 1.99. The third-order valence-corrected chi connectivity index (χ3v) is 1.99. The molecule has 0 aliphatic rings. The van der Waals surface area contributed by atoms with Gasteiger partial charge < -0.3 is 15.2 Å². The van der Waals surface area contributed by atoms with E-state index in [1.54, 1.807) is 0 Å². The van der Waals surface area contributed by atoms with Crippen LogP contribution >= 0.6 is 0 Å². The van der Waals surface area contributed by atoms with Crippen LogP contribution in [0.1, 0.15) is 10.4 Å². The van der Waals surface area contributed by atoms with Crippen LogP contribution in [-0.2, 0) is 9.53 Å². The molecule has 0 aliphatic heterocycles. The zero-order valence-corrected chi connectivity index (χ0v) is 9.37. The molecule has 0 spiro atoms. The number of carboxylic acids is 1. The van der Waals surface area contributed by atoms with Crippen LogP contribution in [0.25, 0.3) is 0 Å². The van der Waals surface area contributed by atoms with Crippen molar-refractivity contribution in [3.63, 3.8) is 0 Å². The minimum absolute atomic E-state index is 0.0184. The van der Waals surface area contributed by atoms with Gasteiger partial charge in [0.1, 0.15) is 6.61 Å². The lowest BCUT2D eigenvalue weighted by atomic mass is 10.1. The molecule has 0 fully saturated rings. The van der Waals surface area contributed by atoms with Crippen molar-refractivity contribution < 1.29 is 24.4 Å². The van der Waals surface area contributed by atoms with Crippen molar-refractivity contribution in [1.29, 1.82) is 0 Å². The lowest BCUT2D eigenvalue weighted by Crippen LogP contribution is -2.19. The zero-order chi connectivity index (χ0) is 13.7. The van der Waals surface area contributed by atoms with Crippen molar-refractivity contribution in [2.45, 2.75) is 0 Å². The topological polar surface area (TPSA) is 119 Å². The number of nitrogens with one attached hydrogen (secondary N) is 1. The molecule has 2 N–H and O–H groups in total. The Balaban J connectivity index is 3.08. The summed E-state index contributed by atoms with van der Waals surface area (Å²) in [6.07, 6.45) is 0. The second-order valence-corrected chi connectivity index (χ2v) is 3.27. The first-order chi connectivity index (χ1) is 8.45. The van der Waals surface area contributed by atoms with Gasteiger partial charge >= 0.3 is 5.97 Å². The van der Waals surface area contributed by atoms with Gasteiger partial charge in [-0.3, -0.25) is 14.9 Å². The quantitative estimate of drug-likeness (QED) is 0.594. The van der Waals surface area contributed by atoms with E-state index < -0.39 is 16.8 Å². The second-order valence-electron chi connectivity index (χ2n) is 3.27. The number of rotatable bonds is 5. The van der Waals surface area contributed by atoms with Gasteiger partial charge in [-0.15, -0.1) is 0 Å². The predicted molar refractivity (Wildman–Crippen MR) is 60.6 cm³/mol. The normalized spacial score (nSPS) is 9.83. The number of nitrogens with zero attached hydrogens (tertiary/aromatic N) is 1. The number of non-ortho nitro benzene ring substituents is 1. The highest BCUT2D eigenvalue weighted by Crippen LogP contribution is 2.22. The zero-order valence-electron chi connectivity index (χ0n) is 9.37. The van der Waals surface area contributed by atoms with Crippen LogP contribution in [0.15, 0.2) is 18.2 Å². The van der Waals surface area contributed by atoms with Crippen LogP contribution in [0, 0.1) is 10.1 Å². The SMILES string of the molecule is COCC(=O)Nc1ccc([N+](=O)[O-])cc1C(=O)O. The maximum absolute atomic E-state index is 11.2. The lowest BCUT2D eigenvalue weighted by molar-refractivity contribution is -0.384. The third kappa shape index (κ3) is 3.25. The number of anilines is 1. The number of ether oxygens (including phenoxy) is 1. The molecule has 18 heavy (non-hydrogen) atoms. The maximum Gasteiger partial charge on any atom is 0.338 e. The predicted octanol–water partition coefficient (Wildman–Crippen LogP) is 0.878. The van der Waals surface area contributed by atoms with Gasteiger partial charge in [-0.05, 0) is 6.07 Å². The van der Waals surface area contributed by atoms with E-state index in [0.717, 1.165) is 18.2 Å². The Labute approximate surface area is 101 Å². The summed E-state index contributed by atoms with van der Waals surface area (Å²) in [5.41, 5.74) is -0.735. The molecule has 96 valence electrons. The van der Waals surface area contributed by atoms with Crippen LogP contribution in [0.3, 0.4) is 0 Å². The van der Waals surface area contributed by atoms with Crippen molar-refractivity contribution in [2.24, 2.45) is 0 Å². The van der Waals surface area contributed by atoms with Crippen LogP contribution in [0.5, 0.6) is 0 Å². The van der Waals surface area contributed by atoms with E-state index in [9.17, 15) is 19.7 Å². The number of hydrogen-bond donors (Lipinski definition) is 2. The Kier molecular flexibility index (Phi) is 4.33. The molecule has 0 atom stereocenters. The van der Waals surface area contributed by atoms with Crippen molar-refractivity contribution >= 4 is 23.3 Å². The first-order valence-corrected chi connectivity index (χ1v) is 4.76. The van der Waals surface area contributed by atoms with Crippen molar-refractivity contribution in [3.05, 3.63) is 33.9 Å². The molecule has 0 bridgehead atoms. The Morgan fingerprint density at radius 3 is 2.67 bits per heavy atom. The fourth-order valence-electron chi connectivity index (χ4n) is 1.25. The highest BCUT2D eigenvalue weighted by molar-refractivity contribution is 6.01. The first kappa shape index (κ1) is 13.6. The number of carbonyl (C=O) groups excluding carboxylic acids is 1. The molecular weight excluding hydrogens is 244 g/mol. The highest BCUT2D eigenvalue weighted by atomic mass is 16.6. The molecule has 8 heteroatoms. The molecule has 0 aliphatic carbocycles. The molecule has 0 radical (unpaired) electrons. The number of nitro benzene ring substituents is 1. The summed E-state index contributed by atoms with van der Waals surface area (Å²) < 4.78 is 4.57. The number of carbonyl (C=O) groups is 2. The second kappa shape index (κ2) is 5.73. The van der Waals surface area contributed by atoms with Crippen LogP contribution in [-0.4, -0.2) is 35.6 Å². The molecule has 0 heterocycles. The summed E-state index contributed by atoms with van der Waals surface area (Å²) in [4.78, 5) is 32.0. The number of nitro groups is 1. The molecule has 1 aromatic rings.